The molecule has 1 aromatic rings. The predicted octanol–water partition coefficient (Wildman–Crippen LogP) is 1.79. The van der Waals surface area contributed by atoms with Crippen molar-refractivity contribution < 1.29 is 31.5 Å². The number of nitrogens with zero attached hydrogens (tertiary/aromatic N) is 2. The van der Waals surface area contributed by atoms with Gasteiger partial charge in [0.1, 0.15) is 11.6 Å². The number of aromatic nitrogens is 2. The summed E-state index contributed by atoms with van der Waals surface area (Å²) in [6.07, 6.45) is 0.126. The van der Waals surface area contributed by atoms with Crippen molar-refractivity contribution in [3.63, 3.8) is 0 Å². The second-order valence-corrected chi connectivity index (χ2v) is 10.9. The number of alkyl halides is 2. The smallest absolute Gasteiger partial charge is 0.408 e. The molecule has 3 fully saturated rings. The van der Waals surface area contributed by atoms with E-state index in [2.05, 4.69) is 20.8 Å². The summed E-state index contributed by atoms with van der Waals surface area (Å²) < 4.78 is 55.7. The van der Waals surface area contributed by atoms with Crippen LogP contribution in [0.15, 0.2) is 6.07 Å². The molecule has 2 saturated carbocycles. The van der Waals surface area contributed by atoms with E-state index in [9.17, 15) is 26.8 Å². The Balaban J connectivity index is 1.25. The summed E-state index contributed by atoms with van der Waals surface area (Å²) in [5.41, 5.74) is -0.647. The van der Waals surface area contributed by atoms with Gasteiger partial charge in [-0.2, -0.15) is 5.10 Å². The molecule has 2 heterocycles. The van der Waals surface area contributed by atoms with Gasteiger partial charge >= 0.3 is 6.09 Å². The molecule has 178 valence electrons. The van der Waals surface area contributed by atoms with Gasteiger partial charge in [-0.25, -0.2) is 26.3 Å². The number of amides is 2. The van der Waals surface area contributed by atoms with E-state index in [-0.39, 0.29) is 37.3 Å². The second-order valence-electron chi connectivity index (χ2n) is 8.92. The number of anilines is 1. The van der Waals surface area contributed by atoms with Crippen molar-refractivity contribution in [3.05, 3.63) is 11.8 Å². The van der Waals surface area contributed by atoms with Crippen LogP contribution in [0.3, 0.4) is 0 Å². The molecule has 0 aromatic carbocycles. The molecule has 4 rings (SSSR count). The van der Waals surface area contributed by atoms with E-state index in [1.54, 1.807) is 6.07 Å². The highest BCUT2D eigenvalue weighted by atomic mass is 32.2. The molecule has 3 N–H and O–H groups in total. The Bertz CT molecular complexity index is 981. The van der Waals surface area contributed by atoms with E-state index in [1.165, 1.54) is 4.31 Å². The molecule has 13 heteroatoms. The molecule has 3 atom stereocenters. The van der Waals surface area contributed by atoms with Gasteiger partial charge in [-0.15, -0.1) is 0 Å². The molecule has 10 nitrogen and oxygen atoms in total. The molecule has 1 saturated heterocycles. The van der Waals surface area contributed by atoms with Crippen molar-refractivity contribution in [1.82, 2.24) is 19.8 Å². The number of aromatic amines is 1. The van der Waals surface area contributed by atoms with Crippen molar-refractivity contribution in [2.75, 3.05) is 24.7 Å². The Labute approximate surface area is 184 Å². The van der Waals surface area contributed by atoms with Crippen LogP contribution in [0.1, 0.15) is 50.1 Å². The molecule has 3 aliphatic rings. The number of carbonyl (C=O) groups excluding carboxylic acids is 2. The lowest BCUT2D eigenvalue weighted by Crippen LogP contribution is -2.43. The quantitative estimate of drug-likeness (QED) is 0.551. The van der Waals surface area contributed by atoms with Crippen LogP contribution in [0.25, 0.3) is 0 Å². The molecule has 0 bridgehead atoms. The van der Waals surface area contributed by atoms with E-state index in [0.29, 0.717) is 31.6 Å². The summed E-state index contributed by atoms with van der Waals surface area (Å²) >= 11 is 0. The predicted molar refractivity (Wildman–Crippen MR) is 110 cm³/mol. The van der Waals surface area contributed by atoms with Crippen LogP contribution in [0.5, 0.6) is 0 Å². The largest absolute Gasteiger partial charge is 0.446 e. The highest BCUT2D eigenvalue weighted by Crippen LogP contribution is 2.41. The lowest BCUT2D eigenvalue weighted by Gasteiger charge is -2.18. The fraction of sp³-hybridized carbons (Fsp3) is 0.737. The molecule has 1 aliphatic heterocycles. The van der Waals surface area contributed by atoms with Crippen LogP contribution in [-0.4, -0.2) is 72.3 Å². The maximum atomic E-state index is 13.0. The van der Waals surface area contributed by atoms with Crippen molar-refractivity contribution >= 4 is 27.8 Å². The van der Waals surface area contributed by atoms with Crippen molar-refractivity contribution in [2.24, 2.45) is 5.92 Å². The number of rotatable bonds is 7. The summed E-state index contributed by atoms with van der Waals surface area (Å²) in [5.74, 6) is -0.345. The minimum atomic E-state index is -3.32. The maximum absolute atomic E-state index is 13.0. The van der Waals surface area contributed by atoms with Gasteiger partial charge in [0.15, 0.2) is 5.82 Å². The normalized spacial score (nSPS) is 27.4. The standard InChI is InChI=1S/C19H27F2N5O5S/c1-32(29,30)26-7-4-12(10-26)16(27)22-15-9-14(24-25-15)11-2-3-13(8-11)31-18(28)23-19(5-6-19)17(20)21/h9,11-13,17H,2-8,10H2,1H3,(H,23,28)(H2,22,24,25,27)/t11-,12+,13+/m0/s1. The zero-order valence-corrected chi connectivity index (χ0v) is 18.5. The third-order valence-electron chi connectivity index (χ3n) is 6.50. The van der Waals surface area contributed by atoms with Gasteiger partial charge in [0, 0.05) is 30.8 Å². The zero-order chi connectivity index (χ0) is 23.1. The minimum Gasteiger partial charge on any atom is -0.446 e. The summed E-state index contributed by atoms with van der Waals surface area (Å²) in [4.78, 5) is 24.4. The minimum absolute atomic E-state index is 0.0307. The van der Waals surface area contributed by atoms with Crippen molar-refractivity contribution in [2.45, 2.75) is 62.5 Å². The van der Waals surface area contributed by atoms with Gasteiger partial charge in [0.05, 0.1) is 12.2 Å². The molecule has 32 heavy (non-hydrogen) atoms. The number of nitrogens with one attached hydrogen (secondary N) is 3. The first-order valence-corrected chi connectivity index (χ1v) is 12.5. The Kier molecular flexibility index (Phi) is 6.14. The highest BCUT2D eigenvalue weighted by molar-refractivity contribution is 7.88. The SMILES string of the molecule is CS(=O)(=O)N1CC[C@@H](C(=O)Nc2cc([C@H]3CC[C@@H](OC(=O)NC4(C(F)F)CC4)C3)[nH]n2)C1. The molecule has 0 unspecified atom stereocenters. The van der Waals surface area contributed by atoms with Gasteiger partial charge in [-0.1, -0.05) is 0 Å². The molecular formula is C19H27F2N5O5S. The fourth-order valence-electron chi connectivity index (χ4n) is 4.33. The summed E-state index contributed by atoms with van der Waals surface area (Å²) in [7, 11) is -3.32. The fourth-order valence-corrected chi connectivity index (χ4v) is 5.22. The van der Waals surface area contributed by atoms with Crippen LogP contribution in [0.2, 0.25) is 0 Å². The molecule has 0 spiro atoms. The Morgan fingerprint density at radius 1 is 1.31 bits per heavy atom. The van der Waals surface area contributed by atoms with E-state index in [1.807, 2.05) is 0 Å². The summed E-state index contributed by atoms with van der Waals surface area (Å²) in [6.45, 7) is 0.469. The summed E-state index contributed by atoms with van der Waals surface area (Å²) in [6, 6.07) is 1.71. The van der Waals surface area contributed by atoms with Crippen LogP contribution in [-0.2, 0) is 19.6 Å². The number of hydrogen-bond donors (Lipinski definition) is 3. The van der Waals surface area contributed by atoms with Gasteiger partial charge < -0.3 is 15.4 Å². The first kappa shape index (κ1) is 22.9. The Morgan fingerprint density at radius 2 is 2.06 bits per heavy atom. The van der Waals surface area contributed by atoms with E-state index in [0.717, 1.165) is 18.4 Å². The molecule has 2 aliphatic carbocycles. The monoisotopic (exact) mass is 475 g/mol. The van der Waals surface area contributed by atoms with Crippen LogP contribution >= 0.6 is 0 Å². The number of ether oxygens (including phenoxy) is 1. The number of hydrogen-bond acceptors (Lipinski definition) is 6. The third kappa shape index (κ3) is 5.03. The average molecular weight is 476 g/mol. The Hall–Kier alpha value is -2.28. The highest BCUT2D eigenvalue weighted by Gasteiger charge is 2.53. The van der Waals surface area contributed by atoms with Crippen LogP contribution < -0.4 is 10.6 Å². The van der Waals surface area contributed by atoms with Gasteiger partial charge in [0.25, 0.3) is 6.43 Å². The van der Waals surface area contributed by atoms with Gasteiger partial charge in [-0.05, 0) is 38.5 Å². The number of sulfonamides is 1. The first-order chi connectivity index (χ1) is 15.1. The number of alkyl carbamates (subject to hydrolysis) is 1. The first-order valence-electron chi connectivity index (χ1n) is 10.6. The average Bonchev–Trinajstić information content (AvgIpc) is 3.12. The van der Waals surface area contributed by atoms with Gasteiger partial charge in [-0.3, -0.25) is 9.89 Å². The number of carbonyl (C=O) groups is 2. The topological polar surface area (TPSA) is 133 Å². The van der Waals surface area contributed by atoms with Gasteiger partial charge in [0.2, 0.25) is 15.9 Å². The van der Waals surface area contributed by atoms with Crippen LogP contribution in [0.4, 0.5) is 19.4 Å². The molecule has 2 amide bonds. The lowest BCUT2D eigenvalue weighted by molar-refractivity contribution is -0.119. The number of halogens is 2. The van der Waals surface area contributed by atoms with E-state index < -0.39 is 34.0 Å². The summed E-state index contributed by atoms with van der Waals surface area (Å²) in [5, 5.41) is 12.0. The molecule has 0 radical (unpaired) electrons. The third-order valence-corrected chi connectivity index (χ3v) is 7.76. The second kappa shape index (κ2) is 8.58. The molecular weight excluding hydrogens is 448 g/mol. The van der Waals surface area contributed by atoms with Crippen LogP contribution in [0, 0.1) is 5.92 Å². The molecule has 1 aromatic heterocycles. The number of H-pyrrole nitrogens is 1. The Morgan fingerprint density at radius 3 is 2.69 bits per heavy atom. The van der Waals surface area contributed by atoms with E-state index in [4.69, 9.17) is 4.74 Å². The van der Waals surface area contributed by atoms with E-state index >= 15 is 0 Å². The maximum Gasteiger partial charge on any atom is 0.408 e. The zero-order valence-electron chi connectivity index (χ0n) is 17.6. The van der Waals surface area contributed by atoms with Crippen molar-refractivity contribution in [1.29, 1.82) is 0 Å². The lowest BCUT2D eigenvalue weighted by atomic mass is 10.0. The van der Waals surface area contributed by atoms with Crippen molar-refractivity contribution in [3.8, 4) is 0 Å².